The molecule has 0 aromatic heterocycles. The minimum atomic E-state index is -1.19. The monoisotopic (exact) mass is 356 g/mol. The van der Waals surface area contributed by atoms with Crippen molar-refractivity contribution in [1.29, 1.82) is 0 Å². The number of rotatable bonds is 5. The SMILES string of the molecule is COc1ccc(CN2CC3C(C2)C3c2ccc(NC(=O)O)cc2F)cc1. The van der Waals surface area contributed by atoms with Gasteiger partial charge < -0.3 is 9.84 Å². The number of carbonyl (C=O) groups is 1. The molecule has 4 rings (SSSR count). The van der Waals surface area contributed by atoms with Crippen LogP contribution in [0.3, 0.4) is 0 Å². The van der Waals surface area contributed by atoms with Crippen LogP contribution >= 0.6 is 0 Å². The first kappa shape index (κ1) is 16.8. The third-order valence-corrected chi connectivity index (χ3v) is 5.45. The van der Waals surface area contributed by atoms with Gasteiger partial charge in [0.05, 0.1) is 7.11 Å². The first-order valence-corrected chi connectivity index (χ1v) is 8.70. The van der Waals surface area contributed by atoms with Crippen LogP contribution in [0.4, 0.5) is 14.9 Å². The van der Waals surface area contributed by atoms with Crippen LogP contribution in [-0.2, 0) is 6.54 Å². The van der Waals surface area contributed by atoms with Crippen molar-refractivity contribution in [3.05, 3.63) is 59.4 Å². The Morgan fingerprint density at radius 2 is 1.92 bits per heavy atom. The van der Waals surface area contributed by atoms with E-state index >= 15 is 0 Å². The summed E-state index contributed by atoms with van der Waals surface area (Å²) in [5, 5.41) is 10.9. The molecule has 1 heterocycles. The van der Waals surface area contributed by atoms with Crippen LogP contribution < -0.4 is 10.1 Å². The van der Waals surface area contributed by atoms with Gasteiger partial charge in [-0.3, -0.25) is 10.2 Å². The molecule has 1 saturated carbocycles. The van der Waals surface area contributed by atoms with Gasteiger partial charge in [-0.2, -0.15) is 0 Å². The second kappa shape index (κ2) is 6.61. The zero-order chi connectivity index (χ0) is 18.3. The Hall–Kier alpha value is -2.60. The lowest BCUT2D eigenvalue weighted by Crippen LogP contribution is -2.23. The fraction of sp³-hybridized carbons (Fsp3) is 0.350. The van der Waals surface area contributed by atoms with E-state index in [2.05, 4.69) is 22.3 Å². The molecule has 1 saturated heterocycles. The van der Waals surface area contributed by atoms with Crippen molar-refractivity contribution in [2.24, 2.45) is 11.8 Å². The number of methoxy groups -OCH3 is 1. The lowest BCUT2D eigenvalue weighted by molar-refractivity contribution is 0.209. The van der Waals surface area contributed by atoms with Crippen LogP contribution in [0.5, 0.6) is 5.75 Å². The first-order chi connectivity index (χ1) is 12.5. The van der Waals surface area contributed by atoms with Crippen LogP contribution in [0.1, 0.15) is 17.0 Å². The topological polar surface area (TPSA) is 61.8 Å². The van der Waals surface area contributed by atoms with Crippen LogP contribution in [-0.4, -0.2) is 36.3 Å². The largest absolute Gasteiger partial charge is 0.497 e. The van der Waals surface area contributed by atoms with Gasteiger partial charge in [0.2, 0.25) is 0 Å². The van der Waals surface area contributed by atoms with E-state index in [0.29, 0.717) is 17.4 Å². The number of piperidine rings is 1. The van der Waals surface area contributed by atoms with Crippen molar-refractivity contribution in [2.75, 3.05) is 25.5 Å². The molecule has 2 aromatic carbocycles. The van der Waals surface area contributed by atoms with E-state index in [4.69, 9.17) is 9.84 Å². The molecule has 0 spiro atoms. The summed E-state index contributed by atoms with van der Waals surface area (Å²) in [7, 11) is 1.66. The molecule has 5 nitrogen and oxygen atoms in total. The van der Waals surface area contributed by atoms with Gasteiger partial charge in [-0.25, -0.2) is 9.18 Å². The number of hydrogen-bond donors (Lipinski definition) is 2. The summed E-state index contributed by atoms with van der Waals surface area (Å²) in [5.74, 6) is 1.76. The third-order valence-electron chi connectivity index (χ3n) is 5.45. The number of carboxylic acid groups (broad SMARTS) is 1. The van der Waals surface area contributed by atoms with Crippen LogP contribution in [0.15, 0.2) is 42.5 Å². The highest BCUT2D eigenvalue weighted by Crippen LogP contribution is 2.58. The Balaban J connectivity index is 1.36. The molecule has 2 N–H and O–H groups in total. The van der Waals surface area contributed by atoms with E-state index in [9.17, 15) is 9.18 Å². The maximum Gasteiger partial charge on any atom is 0.409 e. The molecular weight excluding hydrogens is 335 g/mol. The number of amides is 1. The van der Waals surface area contributed by atoms with E-state index in [1.54, 1.807) is 19.2 Å². The number of likely N-dealkylation sites (tertiary alicyclic amines) is 1. The van der Waals surface area contributed by atoms with Crippen LogP contribution in [0.2, 0.25) is 0 Å². The van der Waals surface area contributed by atoms with E-state index in [-0.39, 0.29) is 17.4 Å². The average molecular weight is 356 g/mol. The summed E-state index contributed by atoms with van der Waals surface area (Å²) in [6.45, 7) is 2.83. The smallest absolute Gasteiger partial charge is 0.409 e. The highest BCUT2D eigenvalue weighted by molar-refractivity contribution is 5.82. The van der Waals surface area contributed by atoms with Crippen molar-refractivity contribution >= 4 is 11.8 Å². The number of benzene rings is 2. The average Bonchev–Trinajstić information content (AvgIpc) is 3.09. The standard InChI is InChI=1S/C20H21FN2O3/c1-26-14-5-2-12(3-6-14)9-23-10-16-17(11-23)19(16)15-7-4-13(8-18(15)21)22-20(24)25/h2-8,16-17,19,22H,9-11H2,1H3,(H,24,25). The zero-order valence-electron chi connectivity index (χ0n) is 14.5. The highest BCUT2D eigenvalue weighted by Gasteiger charge is 2.56. The van der Waals surface area contributed by atoms with Crippen molar-refractivity contribution < 1.29 is 19.0 Å². The molecule has 2 aliphatic rings. The Morgan fingerprint density at radius 1 is 1.23 bits per heavy atom. The number of hydrogen-bond acceptors (Lipinski definition) is 3. The summed E-state index contributed by atoms with van der Waals surface area (Å²) >= 11 is 0. The maximum absolute atomic E-state index is 14.4. The summed E-state index contributed by atoms with van der Waals surface area (Å²) in [6, 6.07) is 12.7. The van der Waals surface area contributed by atoms with E-state index in [0.717, 1.165) is 25.4 Å². The third kappa shape index (κ3) is 3.24. The summed E-state index contributed by atoms with van der Waals surface area (Å²) in [6.07, 6.45) is -1.19. The van der Waals surface area contributed by atoms with Gasteiger partial charge in [0.1, 0.15) is 11.6 Å². The second-order valence-electron chi connectivity index (χ2n) is 7.06. The van der Waals surface area contributed by atoms with Gasteiger partial charge in [-0.15, -0.1) is 0 Å². The lowest BCUT2D eigenvalue weighted by Gasteiger charge is -2.20. The Kier molecular flexibility index (Phi) is 4.28. The van der Waals surface area contributed by atoms with E-state index in [1.165, 1.54) is 11.6 Å². The quantitative estimate of drug-likeness (QED) is 0.856. The Labute approximate surface area is 151 Å². The van der Waals surface area contributed by atoms with Crippen LogP contribution in [0.25, 0.3) is 0 Å². The van der Waals surface area contributed by atoms with Gasteiger partial charge >= 0.3 is 6.09 Å². The van der Waals surface area contributed by atoms with Crippen molar-refractivity contribution in [2.45, 2.75) is 12.5 Å². The molecule has 26 heavy (non-hydrogen) atoms. The van der Waals surface area contributed by atoms with Crippen molar-refractivity contribution in [3.63, 3.8) is 0 Å². The molecule has 6 heteroatoms. The second-order valence-corrected chi connectivity index (χ2v) is 7.06. The maximum atomic E-state index is 14.4. The number of fused-ring (bicyclic) bond motifs is 1. The molecule has 0 bridgehead atoms. The van der Waals surface area contributed by atoms with Gasteiger partial charge in [0.15, 0.2) is 0 Å². The Morgan fingerprint density at radius 3 is 2.50 bits per heavy atom. The molecule has 2 unspecified atom stereocenters. The van der Waals surface area contributed by atoms with Gasteiger partial charge in [0.25, 0.3) is 0 Å². The molecule has 1 amide bonds. The van der Waals surface area contributed by atoms with Gasteiger partial charge in [-0.1, -0.05) is 18.2 Å². The van der Waals surface area contributed by atoms with Gasteiger partial charge in [0, 0.05) is 25.3 Å². The number of nitrogens with one attached hydrogen (secondary N) is 1. The van der Waals surface area contributed by atoms with Crippen molar-refractivity contribution in [3.8, 4) is 5.75 Å². The van der Waals surface area contributed by atoms with Gasteiger partial charge in [-0.05, 0) is 53.1 Å². The van der Waals surface area contributed by atoms with Crippen molar-refractivity contribution in [1.82, 2.24) is 4.90 Å². The highest BCUT2D eigenvalue weighted by atomic mass is 19.1. The number of anilines is 1. The van der Waals surface area contributed by atoms with Crippen LogP contribution in [0, 0.1) is 17.7 Å². The zero-order valence-corrected chi connectivity index (χ0v) is 14.5. The predicted octanol–water partition coefficient (Wildman–Crippen LogP) is 3.77. The molecule has 2 fully saturated rings. The summed E-state index contributed by atoms with van der Waals surface area (Å²) in [4.78, 5) is 13.1. The predicted molar refractivity (Wildman–Crippen MR) is 96.0 cm³/mol. The number of ether oxygens (including phenoxy) is 1. The lowest BCUT2D eigenvalue weighted by atomic mass is 10.1. The first-order valence-electron chi connectivity index (χ1n) is 8.70. The molecule has 1 aliphatic heterocycles. The fourth-order valence-corrected chi connectivity index (χ4v) is 4.19. The minimum Gasteiger partial charge on any atom is -0.497 e. The molecule has 2 atom stereocenters. The number of halogens is 1. The summed E-state index contributed by atoms with van der Waals surface area (Å²) < 4.78 is 19.5. The molecular formula is C20H21FN2O3. The minimum absolute atomic E-state index is 0.251. The Bertz CT molecular complexity index is 812. The summed E-state index contributed by atoms with van der Waals surface area (Å²) in [5.41, 5.74) is 2.23. The molecule has 136 valence electrons. The molecule has 2 aromatic rings. The fourth-order valence-electron chi connectivity index (χ4n) is 4.19. The normalized spacial score (nSPS) is 24.2. The van der Waals surface area contributed by atoms with E-state index < -0.39 is 6.09 Å². The number of nitrogens with zero attached hydrogens (tertiary/aromatic N) is 1. The van der Waals surface area contributed by atoms with E-state index in [1.807, 2.05) is 12.1 Å². The molecule has 0 radical (unpaired) electrons. The molecule has 1 aliphatic carbocycles.